The third-order valence-corrected chi connectivity index (χ3v) is 5.50. The van der Waals surface area contributed by atoms with E-state index < -0.39 is 11.9 Å². The van der Waals surface area contributed by atoms with Crippen molar-refractivity contribution in [1.29, 1.82) is 5.26 Å². The number of hydrogen-bond donors (Lipinski definition) is 2. The summed E-state index contributed by atoms with van der Waals surface area (Å²) < 4.78 is 12.7. The largest absolute Gasteiger partial charge is 0.497 e. The average molecular weight is 436 g/mol. The summed E-state index contributed by atoms with van der Waals surface area (Å²) in [5, 5.41) is 12.5. The van der Waals surface area contributed by atoms with E-state index in [0.717, 1.165) is 33.7 Å². The number of nitrogens with zero attached hydrogens (tertiary/aromatic N) is 3. The summed E-state index contributed by atoms with van der Waals surface area (Å²) in [6.07, 6.45) is 1.63. The molecule has 2 unspecified atom stereocenters. The molecule has 8 nitrogen and oxygen atoms in total. The van der Waals surface area contributed by atoms with Crippen molar-refractivity contribution in [3.8, 4) is 11.8 Å². The van der Waals surface area contributed by atoms with E-state index >= 15 is 0 Å². The van der Waals surface area contributed by atoms with Crippen molar-refractivity contribution in [1.82, 2.24) is 19.9 Å². The number of carbonyl (C=O) groups excluding carboxylic acids is 1. The normalized spacial score (nSPS) is 13.6. The Morgan fingerprint density at radius 2 is 2.06 bits per heavy atom. The van der Waals surface area contributed by atoms with E-state index in [0.29, 0.717) is 12.4 Å². The molecule has 3 aromatic rings. The molecule has 2 atom stereocenters. The maximum absolute atomic E-state index is 12.8. The van der Waals surface area contributed by atoms with Crippen molar-refractivity contribution in [3.05, 3.63) is 52.6 Å². The topological polar surface area (TPSA) is 105 Å². The molecule has 0 spiro atoms. The highest BCUT2D eigenvalue weighted by atomic mass is 16.5. The fourth-order valence-electron chi connectivity index (χ4n) is 3.93. The highest BCUT2D eigenvalue weighted by Crippen LogP contribution is 2.24. The van der Waals surface area contributed by atoms with Crippen LogP contribution in [0.4, 0.5) is 0 Å². The second kappa shape index (κ2) is 9.71. The molecule has 2 heterocycles. The molecule has 168 valence electrons. The van der Waals surface area contributed by atoms with Crippen molar-refractivity contribution in [2.24, 2.45) is 0 Å². The predicted octanol–water partition coefficient (Wildman–Crippen LogP) is 3.98. The fourth-order valence-corrected chi connectivity index (χ4v) is 3.93. The van der Waals surface area contributed by atoms with Crippen molar-refractivity contribution >= 4 is 23.0 Å². The van der Waals surface area contributed by atoms with Gasteiger partial charge in [-0.2, -0.15) is 5.26 Å². The van der Waals surface area contributed by atoms with Gasteiger partial charge < -0.3 is 24.3 Å². The number of fused-ring (bicyclic) bond motifs is 1. The smallest absolute Gasteiger partial charge is 0.262 e. The number of H-pyrrole nitrogens is 1. The van der Waals surface area contributed by atoms with Gasteiger partial charge in [0.1, 0.15) is 23.2 Å². The molecule has 0 saturated carbocycles. The number of ether oxygens (including phenoxy) is 2. The molecule has 8 heteroatoms. The summed E-state index contributed by atoms with van der Waals surface area (Å²) in [5.74, 6) is 0.870. The van der Waals surface area contributed by atoms with Crippen LogP contribution in [0.2, 0.25) is 0 Å². The highest BCUT2D eigenvalue weighted by molar-refractivity contribution is 6.02. The molecule has 2 aromatic heterocycles. The quantitative estimate of drug-likeness (QED) is 0.411. The van der Waals surface area contributed by atoms with Gasteiger partial charge in [-0.05, 0) is 57.5 Å². The van der Waals surface area contributed by atoms with E-state index in [1.807, 2.05) is 51.1 Å². The lowest BCUT2D eigenvalue weighted by molar-refractivity contribution is -0.117. The van der Waals surface area contributed by atoms with E-state index in [2.05, 4.69) is 26.8 Å². The summed E-state index contributed by atoms with van der Waals surface area (Å²) in [6.45, 7) is 8.44. The number of hydrogen-bond acceptors (Lipinski definition) is 5. The van der Waals surface area contributed by atoms with Gasteiger partial charge in [0, 0.05) is 24.6 Å². The van der Waals surface area contributed by atoms with Gasteiger partial charge in [-0.3, -0.25) is 4.79 Å². The average Bonchev–Trinajstić information content (AvgIpc) is 3.31. The first-order valence-electron chi connectivity index (χ1n) is 10.4. The van der Waals surface area contributed by atoms with Gasteiger partial charge >= 0.3 is 0 Å². The minimum atomic E-state index is -0.451. The van der Waals surface area contributed by atoms with Crippen LogP contribution in [0.1, 0.15) is 48.7 Å². The summed E-state index contributed by atoms with van der Waals surface area (Å²) in [4.78, 5) is 20.6. The van der Waals surface area contributed by atoms with Crippen LogP contribution < -0.4 is 10.1 Å². The lowest BCUT2D eigenvalue weighted by atomic mass is 10.1. The Kier molecular flexibility index (Phi) is 7.01. The Morgan fingerprint density at radius 3 is 2.72 bits per heavy atom. The van der Waals surface area contributed by atoms with Gasteiger partial charge in [0.15, 0.2) is 0 Å². The third-order valence-electron chi connectivity index (χ3n) is 5.50. The Morgan fingerprint density at radius 1 is 1.31 bits per heavy atom. The second-order valence-electron chi connectivity index (χ2n) is 7.87. The van der Waals surface area contributed by atoms with Crippen LogP contribution in [0.5, 0.6) is 5.75 Å². The van der Waals surface area contributed by atoms with E-state index in [1.54, 1.807) is 20.3 Å². The van der Waals surface area contributed by atoms with Crippen LogP contribution >= 0.6 is 0 Å². The first-order chi connectivity index (χ1) is 15.3. The van der Waals surface area contributed by atoms with E-state index in [1.165, 1.54) is 0 Å². The first kappa shape index (κ1) is 23.1. The summed E-state index contributed by atoms with van der Waals surface area (Å²) >= 11 is 0. The minimum absolute atomic E-state index is 0.0364. The summed E-state index contributed by atoms with van der Waals surface area (Å²) in [6, 6.07) is 9.27. The Balaban J connectivity index is 1.81. The Bertz CT molecular complexity index is 1200. The van der Waals surface area contributed by atoms with Crippen LogP contribution in [-0.2, 0) is 9.53 Å². The van der Waals surface area contributed by atoms with E-state index in [-0.39, 0.29) is 11.6 Å². The van der Waals surface area contributed by atoms with Gasteiger partial charge in [0.2, 0.25) is 0 Å². The fraction of sp³-hybridized carbons (Fsp3) is 0.375. The lowest BCUT2D eigenvalue weighted by Crippen LogP contribution is -2.28. The van der Waals surface area contributed by atoms with Crippen molar-refractivity contribution < 1.29 is 14.3 Å². The molecule has 0 fully saturated rings. The first-order valence-corrected chi connectivity index (χ1v) is 10.4. The number of nitrogens with one attached hydrogen (secondary N) is 2. The van der Waals surface area contributed by atoms with Crippen LogP contribution in [0.15, 0.2) is 29.8 Å². The molecule has 0 aliphatic carbocycles. The van der Waals surface area contributed by atoms with Gasteiger partial charge in [-0.15, -0.1) is 0 Å². The number of aryl methyl sites for hydroxylation is 1. The molecule has 0 bridgehead atoms. The zero-order valence-electron chi connectivity index (χ0n) is 19.3. The number of methoxy groups -OCH3 is 2. The molecule has 1 amide bonds. The molecule has 32 heavy (non-hydrogen) atoms. The summed E-state index contributed by atoms with van der Waals surface area (Å²) in [5.41, 5.74) is 4.48. The molecular weight excluding hydrogens is 406 g/mol. The monoisotopic (exact) mass is 435 g/mol. The van der Waals surface area contributed by atoms with E-state index in [4.69, 9.17) is 9.47 Å². The number of aromatic amines is 1. The van der Waals surface area contributed by atoms with Crippen molar-refractivity contribution in [3.63, 3.8) is 0 Å². The molecule has 0 aliphatic rings. The molecule has 0 aliphatic heterocycles. The van der Waals surface area contributed by atoms with Crippen LogP contribution in [0, 0.1) is 25.2 Å². The molecular formula is C24H29N5O3. The number of carbonyl (C=O) groups is 1. The number of imidazole rings is 1. The number of amides is 1. The molecule has 2 N–H and O–H groups in total. The van der Waals surface area contributed by atoms with Gasteiger partial charge in [-0.1, -0.05) is 0 Å². The standard InChI is InChI=1S/C24H29N5O3/c1-14-9-18(17(4)29(14)15(2)13-31-5)10-19(12-25)24(30)26-16(3)23-27-21-8-7-20(32-6)11-22(21)28-23/h7-11,15-16H,13H2,1-6H3,(H,26,30)(H,27,28). The van der Waals surface area contributed by atoms with Gasteiger partial charge in [-0.25, -0.2) is 4.98 Å². The minimum Gasteiger partial charge on any atom is -0.497 e. The molecule has 1 aromatic carbocycles. The van der Waals surface area contributed by atoms with Crippen LogP contribution in [-0.4, -0.2) is 41.3 Å². The summed E-state index contributed by atoms with van der Waals surface area (Å²) in [7, 11) is 3.27. The Labute approximate surface area is 187 Å². The van der Waals surface area contributed by atoms with Crippen molar-refractivity contribution in [2.75, 3.05) is 20.8 Å². The number of benzene rings is 1. The van der Waals surface area contributed by atoms with Crippen molar-refractivity contribution in [2.45, 2.75) is 39.8 Å². The Hall–Kier alpha value is -3.57. The van der Waals surface area contributed by atoms with Crippen LogP contribution in [0.3, 0.4) is 0 Å². The van der Waals surface area contributed by atoms with Gasteiger partial charge in [0.05, 0.1) is 36.8 Å². The number of rotatable bonds is 8. The molecule has 0 radical (unpaired) electrons. The highest BCUT2D eigenvalue weighted by Gasteiger charge is 2.19. The lowest BCUT2D eigenvalue weighted by Gasteiger charge is -2.17. The number of nitriles is 1. The maximum Gasteiger partial charge on any atom is 0.262 e. The SMILES string of the molecule is COCC(C)n1c(C)cc(C=C(C#N)C(=O)NC(C)c2nc3ccc(OC)cc3[nH]2)c1C. The van der Waals surface area contributed by atoms with E-state index in [9.17, 15) is 10.1 Å². The third kappa shape index (κ3) is 4.68. The second-order valence-corrected chi connectivity index (χ2v) is 7.87. The van der Waals surface area contributed by atoms with Crippen LogP contribution in [0.25, 0.3) is 17.1 Å². The molecule has 3 rings (SSSR count). The number of aromatic nitrogens is 3. The zero-order chi connectivity index (χ0) is 23.4. The predicted molar refractivity (Wildman–Crippen MR) is 123 cm³/mol. The zero-order valence-corrected chi connectivity index (χ0v) is 19.3. The van der Waals surface area contributed by atoms with Gasteiger partial charge in [0.25, 0.3) is 5.91 Å². The maximum atomic E-state index is 12.8. The molecule has 0 saturated heterocycles.